The quantitative estimate of drug-likeness (QED) is 0.697. The fraction of sp³-hybridized carbons (Fsp3) is 0.167. The van der Waals surface area contributed by atoms with E-state index in [2.05, 4.69) is 9.97 Å². The third kappa shape index (κ3) is 3.78. The van der Waals surface area contributed by atoms with Crippen molar-refractivity contribution in [3.63, 3.8) is 0 Å². The number of pyridine rings is 2. The van der Waals surface area contributed by atoms with E-state index in [0.717, 1.165) is 5.56 Å². The molecule has 0 aromatic carbocycles. The zero-order valence-corrected chi connectivity index (χ0v) is 13.3. The molecule has 3 aromatic heterocycles. The van der Waals surface area contributed by atoms with Gasteiger partial charge in [0.25, 0.3) is 5.91 Å². The predicted octanol–water partition coefficient (Wildman–Crippen LogP) is 2.92. The summed E-state index contributed by atoms with van der Waals surface area (Å²) in [6.45, 7) is 0.798. The van der Waals surface area contributed by atoms with Crippen LogP contribution in [0.25, 0.3) is 0 Å². The standard InChI is InChI=1S/C18H17N3O3/c1-23-17-7-6-15(11-20-17)18(22)21(13-16-5-3-9-24-16)12-14-4-2-8-19-10-14/h2-11H,12-13H2,1H3. The highest BCUT2D eigenvalue weighted by Gasteiger charge is 2.18. The summed E-state index contributed by atoms with van der Waals surface area (Å²) >= 11 is 0. The molecule has 0 unspecified atom stereocenters. The number of carbonyl (C=O) groups is 1. The van der Waals surface area contributed by atoms with E-state index in [0.29, 0.717) is 30.3 Å². The van der Waals surface area contributed by atoms with Crippen LogP contribution in [-0.4, -0.2) is 27.9 Å². The Kier molecular flexibility index (Phi) is 4.86. The first-order valence-electron chi connectivity index (χ1n) is 7.47. The normalized spacial score (nSPS) is 10.4. The van der Waals surface area contributed by atoms with Crippen LogP contribution in [0, 0.1) is 0 Å². The van der Waals surface area contributed by atoms with Gasteiger partial charge in [-0.1, -0.05) is 6.07 Å². The van der Waals surface area contributed by atoms with Crippen LogP contribution in [0.4, 0.5) is 0 Å². The number of rotatable bonds is 6. The van der Waals surface area contributed by atoms with Crippen molar-refractivity contribution in [1.82, 2.24) is 14.9 Å². The van der Waals surface area contributed by atoms with Gasteiger partial charge in [-0.15, -0.1) is 0 Å². The number of hydrogen-bond donors (Lipinski definition) is 0. The molecule has 0 N–H and O–H groups in total. The lowest BCUT2D eigenvalue weighted by Crippen LogP contribution is -2.30. The molecule has 0 saturated carbocycles. The van der Waals surface area contributed by atoms with Crippen molar-refractivity contribution in [2.75, 3.05) is 7.11 Å². The van der Waals surface area contributed by atoms with Crippen LogP contribution in [-0.2, 0) is 13.1 Å². The van der Waals surface area contributed by atoms with E-state index in [1.807, 2.05) is 18.2 Å². The summed E-state index contributed by atoms with van der Waals surface area (Å²) in [6.07, 6.45) is 6.56. The highest BCUT2D eigenvalue weighted by molar-refractivity contribution is 5.93. The molecule has 0 fully saturated rings. The molecule has 0 aliphatic carbocycles. The molecule has 6 nitrogen and oxygen atoms in total. The summed E-state index contributed by atoms with van der Waals surface area (Å²) in [5.74, 6) is 1.05. The van der Waals surface area contributed by atoms with Crippen molar-refractivity contribution in [2.24, 2.45) is 0 Å². The fourth-order valence-electron chi connectivity index (χ4n) is 2.31. The molecule has 1 amide bonds. The predicted molar refractivity (Wildman–Crippen MR) is 87.3 cm³/mol. The van der Waals surface area contributed by atoms with Crippen LogP contribution in [0.1, 0.15) is 21.7 Å². The molecule has 3 rings (SSSR count). The molecule has 0 radical (unpaired) electrons. The largest absolute Gasteiger partial charge is 0.481 e. The van der Waals surface area contributed by atoms with Gasteiger partial charge < -0.3 is 14.1 Å². The first-order chi connectivity index (χ1) is 11.8. The van der Waals surface area contributed by atoms with Crippen LogP contribution < -0.4 is 4.74 Å². The Labute approximate surface area is 139 Å². The summed E-state index contributed by atoms with van der Waals surface area (Å²) in [5, 5.41) is 0. The number of aromatic nitrogens is 2. The Balaban J connectivity index is 1.83. The molecule has 3 heterocycles. The van der Waals surface area contributed by atoms with E-state index in [9.17, 15) is 4.79 Å². The Morgan fingerprint density at radius 3 is 2.71 bits per heavy atom. The van der Waals surface area contributed by atoms with Gasteiger partial charge >= 0.3 is 0 Å². The first-order valence-corrected chi connectivity index (χ1v) is 7.47. The highest BCUT2D eigenvalue weighted by Crippen LogP contribution is 2.15. The topological polar surface area (TPSA) is 68.5 Å². The second kappa shape index (κ2) is 7.41. The number of carbonyl (C=O) groups excluding carboxylic acids is 1. The van der Waals surface area contributed by atoms with E-state index >= 15 is 0 Å². The van der Waals surface area contributed by atoms with Gasteiger partial charge in [-0.25, -0.2) is 4.98 Å². The third-order valence-corrected chi connectivity index (χ3v) is 3.50. The number of amides is 1. The van der Waals surface area contributed by atoms with E-state index in [1.54, 1.807) is 41.8 Å². The van der Waals surface area contributed by atoms with Crippen LogP contribution in [0.2, 0.25) is 0 Å². The molecular weight excluding hydrogens is 306 g/mol. The Bertz CT molecular complexity index is 771. The van der Waals surface area contributed by atoms with Crippen LogP contribution in [0.15, 0.2) is 65.7 Å². The van der Waals surface area contributed by atoms with E-state index < -0.39 is 0 Å². The summed E-state index contributed by atoms with van der Waals surface area (Å²) in [7, 11) is 1.54. The SMILES string of the molecule is COc1ccc(C(=O)N(Cc2cccnc2)Cc2ccco2)cn1. The van der Waals surface area contributed by atoms with Crippen LogP contribution in [0.5, 0.6) is 5.88 Å². The second-order valence-corrected chi connectivity index (χ2v) is 5.19. The fourth-order valence-corrected chi connectivity index (χ4v) is 2.31. The summed E-state index contributed by atoms with van der Waals surface area (Å²) in [6, 6.07) is 10.8. The molecule has 0 saturated heterocycles. The molecule has 0 bridgehead atoms. The van der Waals surface area contributed by atoms with Crippen molar-refractivity contribution < 1.29 is 13.9 Å². The van der Waals surface area contributed by atoms with Crippen molar-refractivity contribution in [3.05, 3.63) is 78.1 Å². The zero-order valence-electron chi connectivity index (χ0n) is 13.3. The average Bonchev–Trinajstić information content (AvgIpc) is 3.15. The van der Waals surface area contributed by atoms with Gasteiger partial charge in [0.1, 0.15) is 5.76 Å². The maximum absolute atomic E-state index is 12.9. The molecule has 3 aromatic rings. The maximum Gasteiger partial charge on any atom is 0.256 e. The summed E-state index contributed by atoms with van der Waals surface area (Å²) in [4.78, 5) is 22.8. The molecule has 6 heteroatoms. The highest BCUT2D eigenvalue weighted by atomic mass is 16.5. The van der Waals surface area contributed by atoms with Gasteiger partial charge in [0, 0.05) is 31.2 Å². The Morgan fingerprint density at radius 1 is 1.17 bits per heavy atom. The average molecular weight is 323 g/mol. The second-order valence-electron chi connectivity index (χ2n) is 5.19. The smallest absolute Gasteiger partial charge is 0.256 e. The Hall–Kier alpha value is -3.15. The molecule has 0 aliphatic heterocycles. The zero-order chi connectivity index (χ0) is 16.8. The number of hydrogen-bond acceptors (Lipinski definition) is 5. The minimum absolute atomic E-state index is 0.134. The van der Waals surface area contributed by atoms with Crippen LogP contribution in [0.3, 0.4) is 0 Å². The van der Waals surface area contributed by atoms with E-state index in [-0.39, 0.29) is 5.91 Å². The number of furan rings is 1. The van der Waals surface area contributed by atoms with E-state index in [4.69, 9.17) is 9.15 Å². The molecule has 0 atom stereocenters. The van der Waals surface area contributed by atoms with E-state index in [1.165, 1.54) is 13.3 Å². The van der Waals surface area contributed by atoms with Gasteiger partial charge in [0.15, 0.2) is 0 Å². The minimum atomic E-state index is -0.134. The molecule has 24 heavy (non-hydrogen) atoms. The monoisotopic (exact) mass is 323 g/mol. The number of nitrogens with zero attached hydrogens (tertiary/aromatic N) is 3. The van der Waals surface area contributed by atoms with Crippen molar-refractivity contribution in [1.29, 1.82) is 0 Å². The first kappa shape index (κ1) is 15.7. The van der Waals surface area contributed by atoms with Gasteiger partial charge in [-0.2, -0.15) is 0 Å². The molecule has 0 aliphatic rings. The van der Waals surface area contributed by atoms with Gasteiger partial charge in [-0.3, -0.25) is 9.78 Å². The Morgan fingerprint density at radius 2 is 2.08 bits per heavy atom. The lowest BCUT2D eigenvalue weighted by atomic mass is 10.2. The lowest BCUT2D eigenvalue weighted by Gasteiger charge is -2.21. The molecule has 0 spiro atoms. The van der Waals surface area contributed by atoms with Crippen LogP contribution >= 0.6 is 0 Å². The lowest BCUT2D eigenvalue weighted by molar-refractivity contribution is 0.0717. The summed E-state index contributed by atoms with van der Waals surface area (Å²) in [5.41, 5.74) is 1.44. The number of ether oxygens (including phenoxy) is 1. The molecular formula is C18H17N3O3. The van der Waals surface area contributed by atoms with Crippen molar-refractivity contribution in [2.45, 2.75) is 13.1 Å². The third-order valence-electron chi connectivity index (χ3n) is 3.50. The van der Waals surface area contributed by atoms with Crippen molar-refractivity contribution in [3.8, 4) is 5.88 Å². The van der Waals surface area contributed by atoms with Gasteiger partial charge in [0.05, 0.1) is 25.5 Å². The van der Waals surface area contributed by atoms with Gasteiger partial charge in [-0.05, 0) is 29.8 Å². The number of methoxy groups -OCH3 is 1. The molecule has 122 valence electrons. The van der Waals surface area contributed by atoms with Gasteiger partial charge in [0.2, 0.25) is 5.88 Å². The van der Waals surface area contributed by atoms with Crippen molar-refractivity contribution >= 4 is 5.91 Å². The minimum Gasteiger partial charge on any atom is -0.481 e. The summed E-state index contributed by atoms with van der Waals surface area (Å²) < 4.78 is 10.4. The maximum atomic E-state index is 12.9.